The van der Waals surface area contributed by atoms with Crippen molar-refractivity contribution in [2.75, 3.05) is 25.5 Å². The van der Waals surface area contributed by atoms with Gasteiger partial charge < -0.3 is 9.73 Å². The Balaban J connectivity index is 1.43. The van der Waals surface area contributed by atoms with E-state index >= 15 is 0 Å². The number of aromatic nitrogens is 1. The molecule has 1 aliphatic rings. The fourth-order valence-corrected chi connectivity index (χ4v) is 3.79. The van der Waals surface area contributed by atoms with Crippen molar-refractivity contribution in [1.29, 1.82) is 0 Å². The first-order valence-electron chi connectivity index (χ1n) is 10.5. The molecule has 0 bridgehead atoms. The van der Waals surface area contributed by atoms with Crippen molar-refractivity contribution in [1.82, 2.24) is 14.9 Å². The minimum Gasteiger partial charge on any atom is -0.467 e. The van der Waals surface area contributed by atoms with Crippen LogP contribution in [0.15, 0.2) is 70.4 Å². The van der Waals surface area contributed by atoms with Crippen molar-refractivity contribution >= 4 is 34.9 Å². The van der Waals surface area contributed by atoms with Crippen LogP contribution in [0.3, 0.4) is 0 Å². The van der Waals surface area contributed by atoms with E-state index in [0.717, 1.165) is 17.0 Å². The van der Waals surface area contributed by atoms with Crippen molar-refractivity contribution in [3.05, 3.63) is 82.9 Å². The number of nitrogens with one attached hydrogen (secondary N) is 1. The molecule has 3 aromatic rings. The lowest BCUT2D eigenvalue weighted by Crippen LogP contribution is -2.39. The molecule has 0 aliphatic carbocycles. The highest BCUT2D eigenvalue weighted by Crippen LogP contribution is 2.33. The van der Waals surface area contributed by atoms with Crippen molar-refractivity contribution in [3.8, 4) is 0 Å². The second-order valence-electron chi connectivity index (χ2n) is 7.91. The number of halogens is 1. The average molecular weight is 466 g/mol. The summed E-state index contributed by atoms with van der Waals surface area (Å²) in [5, 5.41) is 9.42. The van der Waals surface area contributed by atoms with Crippen LogP contribution in [-0.2, 0) is 9.59 Å². The van der Waals surface area contributed by atoms with E-state index in [4.69, 9.17) is 16.0 Å². The minimum absolute atomic E-state index is 0.0171. The molecule has 170 valence electrons. The Morgan fingerprint density at radius 3 is 2.64 bits per heavy atom. The molecule has 1 aromatic carbocycles. The maximum Gasteiger partial charge on any atom is 0.257 e. The first-order chi connectivity index (χ1) is 15.9. The molecule has 1 unspecified atom stereocenters. The van der Waals surface area contributed by atoms with Gasteiger partial charge in [0.2, 0.25) is 5.91 Å². The first-order valence-corrected chi connectivity index (χ1v) is 10.9. The number of likely N-dealkylation sites (N-methyl/N-ethyl adjacent to an activating group) is 1. The second-order valence-corrected chi connectivity index (χ2v) is 8.35. The number of hydrogen-bond donors (Lipinski definition) is 1. The van der Waals surface area contributed by atoms with E-state index in [1.807, 2.05) is 37.3 Å². The predicted molar refractivity (Wildman–Crippen MR) is 126 cm³/mol. The lowest BCUT2D eigenvalue weighted by molar-refractivity contribution is -0.134. The highest BCUT2D eigenvalue weighted by Gasteiger charge is 2.35. The second kappa shape index (κ2) is 9.97. The molecule has 33 heavy (non-hydrogen) atoms. The molecule has 2 aromatic heterocycles. The number of nitrogens with zero attached hydrogens (tertiary/aromatic N) is 4. The van der Waals surface area contributed by atoms with Crippen molar-refractivity contribution in [2.45, 2.75) is 19.4 Å². The number of anilines is 1. The van der Waals surface area contributed by atoms with Crippen LogP contribution in [0.1, 0.15) is 29.5 Å². The Labute approximate surface area is 196 Å². The normalized spacial score (nSPS) is 15.6. The summed E-state index contributed by atoms with van der Waals surface area (Å²) in [5.74, 6) is 0.651. The summed E-state index contributed by atoms with van der Waals surface area (Å²) in [6, 6.07) is 16.0. The molecule has 3 heterocycles. The Hall–Kier alpha value is -3.49. The number of benzene rings is 1. The van der Waals surface area contributed by atoms with Gasteiger partial charge in [-0.05, 0) is 55.9 Å². The number of hydrazone groups is 1. The third-order valence-corrected chi connectivity index (χ3v) is 5.44. The number of pyridine rings is 1. The van der Waals surface area contributed by atoms with E-state index in [1.54, 1.807) is 42.5 Å². The zero-order chi connectivity index (χ0) is 23.4. The van der Waals surface area contributed by atoms with Crippen LogP contribution in [0.5, 0.6) is 0 Å². The monoisotopic (exact) mass is 465 g/mol. The summed E-state index contributed by atoms with van der Waals surface area (Å²) < 4.78 is 5.57. The highest BCUT2D eigenvalue weighted by atomic mass is 35.5. The lowest BCUT2D eigenvalue weighted by atomic mass is 10.0. The summed E-state index contributed by atoms with van der Waals surface area (Å²) in [7, 11) is 1.71. The summed E-state index contributed by atoms with van der Waals surface area (Å²) in [6.45, 7) is 1.91. The molecular formula is C24H24ClN5O3. The molecule has 0 fully saturated rings. The molecule has 9 heteroatoms. The molecule has 1 N–H and O–H groups in total. The number of carbonyl (C=O) groups excluding carboxylic acids is 2. The van der Waals surface area contributed by atoms with E-state index in [9.17, 15) is 9.59 Å². The Morgan fingerprint density at radius 2 is 1.94 bits per heavy atom. The van der Waals surface area contributed by atoms with Crippen molar-refractivity contribution in [3.63, 3.8) is 0 Å². The van der Waals surface area contributed by atoms with Crippen molar-refractivity contribution < 1.29 is 14.0 Å². The maximum atomic E-state index is 13.1. The number of rotatable bonds is 7. The van der Waals surface area contributed by atoms with E-state index in [0.29, 0.717) is 23.0 Å². The molecular weight excluding hydrogens is 442 g/mol. The largest absolute Gasteiger partial charge is 0.467 e. The molecule has 0 spiro atoms. The van der Waals surface area contributed by atoms with Gasteiger partial charge in [0, 0.05) is 17.1 Å². The summed E-state index contributed by atoms with van der Waals surface area (Å²) >= 11 is 6.00. The highest BCUT2D eigenvalue weighted by molar-refractivity contribution is 6.30. The Bertz CT molecular complexity index is 1160. The van der Waals surface area contributed by atoms with Gasteiger partial charge in [0.15, 0.2) is 0 Å². The van der Waals surface area contributed by atoms with Crippen LogP contribution in [-0.4, -0.2) is 52.6 Å². The number of amides is 2. The standard InChI is InChI=1S/C24H24ClN5O3/c1-16-5-3-7-22(26-16)27-23(31)14-29(2)15-24(32)30-20(21-6-4-12-33-21)13-19(28-30)17-8-10-18(25)11-9-17/h3-12,20H,13-15H2,1-2H3,(H,26,27,31). The molecule has 1 aliphatic heterocycles. The van der Waals surface area contributed by atoms with Gasteiger partial charge in [0.25, 0.3) is 5.91 Å². The molecule has 0 saturated carbocycles. The third-order valence-electron chi connectivity index (χ3n) is 5.19. The third kappa shape index (κ3) is 5.66. The molecule has 8 nitrogen and oxygen atoms in total. The molecule has 0 radical (unpaired) electrons. The van der Waals surface area contributed by atoms with Gasteiger partial charge in [-0.15, -0.1) is 0 Å². The number of furan rings is 1. The van der Waals surface area contributed by atoms with Gasteiger partial charge in [0.1, 0.15) is 17.6 Å². The Morgan fingerprint density at radius 1 is 1.15 bits per heavy atom. The van der Waals surface area contributed by atoms with Gasteiger partial charge >= 0.3 is 0 Å². The van der Waals surface area contributed by atoms with Crippen molar-refractivity contribution in [2.24, 2.45) is 5.10 Å². The van der Waals surface area contributed by atoms with Gasteiger partial charge in [-0.2, -0.15) is 5.10 Å². The first kappa shape index (κ1) is 22.7. The van der Waals surface area contributed by atoms with Crippen LogP contribution in [0.25, 0.3) is 0 Å². The smallest absolute Gasteiger partial charge is 0.257 e. The van der Waals surface area contributed by atoms with Crippen LogP contribution in [0.4, 0.5) is 5.82 Å². The maximum absolute atomic E-state index is 13.1. The van der Waals surface area contributed by atoms with E-state index < -0.39 is 0 Å². The molecule has 0 saturated heterocycles. The van der Waals surface area contributed by atoms with Crippen LogP contribution >= 0.6 is 11.6 Å². The van der Waals surface area contributed by atoms with Gasteiger partial charge in [-0.1, -0.05) is 29.8 Å². The van der Waals surface area contributed by atoms with Gasteiger partial charge in [0.05, 0.1) is 25.1 Å². The number of carbonyl (C=O) groups is 2. The minimum atomic E-state index is -0.350. The quantitative estimate of drug-likeness (QED) is 0.571. The van der Waals surface area contributed by atoms with E-state index in [1.165, 1.54) is 5.01 Å². The SMILES string of the molecule is Cc1cccc(NC(=O)CN(C)CC(=O)N2N=C(c3ccc(Cl)cc3)CC2c2ccco2)n1. The lowest BCUT2D eigenvalue weighted by Gasteiger charge is -2.23. The molecule has 2 amide bonds. The summed E-state index contributed by atoms with van der Waals surface area (Å²) in [6.07, 6.45) is 2.10. The number of hydrogen-bond acceptors (Lipinski definition) is 6. The van der Waals surface area contributed by atoms with Gasteiger partial charge in [-0.3, -0.25) is 14.5 Å². The van der Waals surface area contributed by atoms with Crippen LogP contribution in [0.2, 0.25) is 5.02 Å². The van der Waals surface area contributed by atoms with E-state index in [2.05, 4.69) is 15.4 Å². The van der Waals surface area contributed by atoms with E-state index in [-0.39, 0.29) is 30.9 Å². The fourth-order valence-electron chi connectivity index (χ4n) is 3.66. The topological polar surface area (TPSA) is 91.0 Å². The predicted octanol–water partition coefficient (Wildman–Crippen LogP) is 3.88. The number of aryl methyl sites for hydroxylation is 1. The Kier molecular flexibility index (Phi) is 6.86. The summed E-state index contributed by atoms with van der Waals surface area (Å²) in [5.41, 5.74) is 2.47. The summed E-state index contributed by atoms with van der Waals surface area (Å²) in [4.78, 5) is 31.4. The zero-order valence-corrected chi connectivity index (χ0v) is 19.1. The average Bonchev–Trinajstić information content (AvgIpc) is 3.44. The molecule has 1 atom stereocenters. The van der Waals surface area contributed by atoms with Crippen LogP contribution < -0.4 is 5.32 Å². The van der Waals surface area contributed by atoms with Crippen LogP contribution in [0, 0.1) is 6.92 Å². The molecule has 4 rings (SSSR count). The zero-order valence-electron chi connectivity index (χ0n) is 18.4. The fraction of sp³-hybridized carbons (Fsp3) is 0.250. The van der Waals surface area contributed by atoms with Gasteiger partial charge in [-0.25, -0.2) is 9.99 Å².